The Kier molecular flexibility index (Phi) is 4.05. The van der Waals surface area contributed by atoms with Gasteiger partial charge in [0.15, 0.2) is 0 Å². The number of nitriles is 1. The third kappa shape index (κ3) is 3.44. The molecule has 2 rings (SSSR count). The number of ether oxygens (including phenoxy) is 1. The van der Waals surface area contributed by atoms with Crippen molar-refractivity contribution >= 4 is 23.2 Å². The SMILES string of the molecule is CC1(OCC(=O)Nc2cc(Cl)ccc2C#N)CNC1. The van der Waals surface area contributed by atoms with Crippen LogP contribution in [0.3, 0.4) is 0 Å². The second kappa shape index (κ2) is 5.57. The number of hydrogen-bond donors (Lipinski definition) is 2. The molecule has 0 atom stereocenters. The van der Waals surface area contributed by atoms with Crippen molar-refractivity contribution < 1.29 is 9.53 Å². The molecule has 100 valence electrons. The van der Waals surface area contributed by atoms with E-state index in [0.29, 0.717) is 16.3 Å². The molecule has 0 bridgehead atoms. The van der Waals surface area contributed by atoms with Crippen molar-refractivity contribution in [1.82, 2.24) is 5.32 Å². The van der Waals surface area contributed by atoms with E-state index in [1.165, 1.54) is 0 Å². The number of nitrogens with one attached hydrogen (secondary N) is 2. The van der Waals surface area contributed by atoms with Crippen molar-refractivity contribution in [3.8, 4) is 6.07 Å². The molecule has 0 radical (unpaired) electrons. The average molecular weight is 280 g/mol. The molecule has 1 aliphatic heterocycles. The number of amides is 1. The molecule has 5 nitrogen and oxygen atoms in total. The first kappa shape index (κ1) is 13.8. The van der Waals surface area contributed by atoms with Gasteiger partial charge in [0, 0.05) is 18.1 Å². The second-order valence-electron chi connectivity index (χ2n) is 4.69. The van der Waals surface area contributed by atoms with Crippen molar-refractivity contribution in [2.45, 2.75) is 12.5 Å². The van der Waals surface area contributed by atoms with Crippen molar-refractivity contribution in [2.75, 3.05) is 25.0 Å². The van der Waals surface area contributed by atoms with Crippen molar-refractivity contribution in [1.29, 1.82) is 5.26 Å². The van der Waals surface area contributed by atoms with Crippen LogP contribution in [0.15, 0.2) is 18.2 Å². The Morgan fingerprint density at radius 2 is 2.37 bits per heavy atom. The first-order chi connectivity index (χ1) is 9.02. The maximum absolute atomic E-state index is 11.8. The topological polar surface area (TPSA) is 74.1 Å². The fraction of sp³-hybridized carbons (Fsp3) is 0.385. The molecule has 0 aromatic heterocycles. The highest BCUT2D eigenvalue weighted by Crippen LogP contribution is 2.20. The Morgan fingerprint density at radius 3 is 2.95 bits per heavy atom. The van der Waals surface area contributed by atoms with Gasteiger partial charge >= 0.3 is 0 Å². The fourth-order valence-corrected chi connectivity index (χ4v) is 1.89. The molecular formula is C13H14ClN3O2. The lowest BCUT2D eigenvalue weighted by Crippen LogP contribution is -2.59. The Balaban J connectivity index is 1.95. The van der Waals surface area contributed by atoms with Crippen molar-refractivity contribution in [3.63, 3.8) is 0 Å². The monoisotopic (exact) mass is 279 g/mol. The fourth-order valence-electron chi connectivity index (χ4n) is 1.72. The zero-order valence-electron chi connectivity index (χ0n) is 10.5. The molecule has 0 saturated carbocycles. The maximum atomic E-state index is 11.8. The van der Waals surface area contributed by atoms with Crippen LogP contribution in [0.1, 0.15) is 12.5 Å². The number of rotatable bonds is 4. The normalized spacial score (nSPS) is 16.3. The number of carbonyl (C=O) groups is 1. The number of benzene rings is 1. The highest BCUT2D eigenvalue weighted by Gasteiger charge is 2.33. The van der Waals surface area contributed by atoms with E-state index in [1.54, 1.807) is 18.2 Å². The highest BCUT2D eigenvalue weighted by molar-refractivity contribution is 6.31. The molecule has 1 saturated heterocycles. The number of nitrogens with zero attached hydrogens (tertiary/aromatic N) is 1. The van der Waals surface area contributed by atoms with Crippen LogP contribution in [0, 0.1) is 11.3 Å². The van der Waals surface area contributed by atoms with E-state index in [2.05, 4.69) is 10.6 Å². The molecule has 1 aromatic carbocycles. The lowest BCUT2D eigenvalue weighted by Gasteiger charge is -2.38. The molecule has 0 spiro atoms. The molecule has 1 amide bonds. The predicted octanol–water partition coefficient (Wildman–Crippen LogP) is 1.53. The molecule has 0 aliphatic carbocycles. The van der Waals surface area contributed by atoms with Gasteiger partial charge in [0.2, 0.25) is 5.91 Å². The van der Waals surface area contributed by atoms with Crippen molar-refractivity contribution in [2.24, 2.45) is 0 Å². The minimum Gasteiger partial charge on any atom is -0.363 e. The number of halogens is 1. The Bertz CT molecular complexity index is 535. The third-order valence-corrected chi connectivity index (χ3v) is 3.16. The van der Waals surface area contributed by atoms with Gasteiger partial charge in [0.25, 0.3) is 0 Å². The van der Waals surface area contributed by atoms with Gasteiger partial charge in [0.05, 0.1) is 16.9 Å². The van der Waals surface area contributed by atoms with Gasteiger partial charge in [0.1, 0.15) is 12.7 Å². The number of carbonyl (C=O) groups excluding carboxylic acids is 1. The smallest absolute Gasteiger partial charge is 0.250 e. The minimum absolute atomic E-state index is 0.0461. The first-order valence-corrected chi connectivity index (χ1v) is 6.24. The van der Waals surface area contributed by atoms with Crippen LogP contribution in [0.4, 0.5) is 5.69 Å². The van der Waals surface area contributed by atoms with Gasteiger partial charge in [-0.25, -0.2) is 0 Å². The summed E-state index contributed by atoms with van der Waals surface area (Å²) >= 11 is 5.84. The first-order valence-electron chi connectivity index (χ1n) is 5.87. The Hall–Kier alpha value is -1.61. The Labute approximate surface area is 116 Å². The van der Waals surface area contributed by atoms with Crippen LogP contribution in [0.2, 0.25) is 5.02 Å². The zero-order valence-corrected chi connectivity index (χ0v) is 11.3. The Morgan fingerprint density at radius 1 is 1.63 bits per heavy atom. The van der Waals surface area contributed by atoms with E-state index in [4.69, 9.17) is 21.6 Å². The van der Waals surface area contributed by atoms with E-state index in [9.17, 15) is 4.79 Å². The number of anilines is 1. The van der Waals surface area contributed by atoms with Gasteiger partial charge in [-0.1, -0.05) is 11.6 Å². The van der Waals surface area contributed by atoms with Crippen LogP contribution in [0.25, 0.3) is 0 Å². The van der Waals surface area contributed by atoms with Gasteiger partial charge in [-0.15, -0.1) is 0 Å². The molecule has 1 aliphatic rings. The molecule has 1 heterocycles. The van der Waals surface area contributed by atoms with Crippen molar-refractivity contribution in [3.05, 3.63) is 28.8 Å². The lowest BCUT2D eigenvalue weighted by molar-refractivity contribution is -0.130. The van der Waals surface area contributed by atoms with Gasteiger partial charge in [-0.05, 0) is 25.1 Å². The summed E-state index contributed by atoms with van der Waals surface area (Å²) in [5.41, 5.74) is 0.499. The van der Waals surface area contributed by atoms with Gasteiger partial charge < -0.3 is 15.4 Å². The van der Waals surface area contributed by atoms with Crippen LogP contribution < -0.4 is 10.6 Å². The summed E-state index contributed by atoms with van der Waals surface area (Å²) in [7, 11) is 0. The summed E-state index contributed by atoms with van der Waals surface area (Å²) in [6, 6.07) is 6.71. The highest BCUT2D eigenvalue weighted by atomic mass is 35.5. The minimum atomic E-state index is -0.299. The predicted molar refractivity (Wildman–Crippen MR) is 72.0 cm³/mol. The summed E-state index contributed by atoms with van der Waals surface area (Å²) < 4.78 is 5.51. The molecule has 6 heteroatoms. The molecule has 19 heavy (non-hydrogen) atoms. The largest absolute Gasteiger partial charge is 0.363 e. The summed E-state index contributed by atoms with van der Waals surface area (Å²) in [6.45, 7) is 3.37. The maximum Gasteiger partial charge on any atom is 0.250 e. The third-order valence-electron chi connectivity index (χ3n) is 2.93. The zero-order chi connectivity index (χ0) is 13.9. The van der Waals surface area contributed by atoms with Gasteiger partial charge in [-0.2, -0.15) is 5.26 Å². The quantitative estimate of drug-likeness (QED) is 0.876. The van der Waals surface area contributed by atoms with Gasteiger partial charge in [-0.3, -0.25) is 4.79 Å². The lowest BCUT2D eigenvalue weighted by atomic mass is 10.0. The summed E-state index contributed by atoms with van der Waals surface area (Å²) in [5, 5.41) is 15.1. The molecule has 1 aromatic rings. The van der Waals surface area contributed by atoms with Crippen LogP contribution in [-0.4, -0.2) is 31.2 Å². The van der Waals surface area contributed by atoms with E-state index in [0.717, 1.165) is 13.1 Å². The van der Waals surface area contributed by atoms with E-state index >= 15 is 0 Å². The van der Waals surface area contributed by atoms with E-state index < -0.39 is 0 Å². The van der Waals surface area contributed by atoms with Crippen LogP contribution in [0.5, 0.6) is 0 Å². The van der Waals surface area contributed by atoms with Crippen LogP contribution in [-0.2, 0) is 9.53 Å². The second-order valence-corrected chi connectivity index (χ2v) is 5.13. The summed E-state index contributed by atoms with van der Waals surface area (Å²) in [4.78, 5) is 11.8. The average Bonchev–Trinajstić information content (AvgIpc) is 2.34. The summed E-state index contributed by atoms with van der Waals surface area (Å²) in [6.07, 6.45) is 0. The van der Waals surface area contributed by atoms with E-state index in [-0.39, 0.29) is 18.1 Å². The number of hydrogen-bond acceptors (Lipinski definition) is 4. The molecule has 1 fully saturated rings. The van der Waals surface area contributed by atoms with E-state index in [1.807, 2.05) is 13.0 Å². The van der Waals surface area contributed by atoms with Crippen LogP contribution >= 0.6 is 11.6 Å². The molecular weight excluding hydrogens is 266 g/mol. The standard InChI is InChI=1S/C13H14ClN3O2/c1-13(7-16-8-13)19-6-12(18)17-11-4-10(14)3-2-9(11)5-15/h2-4,16H,6-8H2,1H3,(H,17,18). The summed E-state index contributed by atoms with van der Waals surface area (Å²) in [5.74, 6) is -0.299. The molecule has 0 unspecified atom stereocenters. The molecule has 2 N–H and O–H groups in total.